The molecule has 1 aromatic carbocycles. The summed E-state index contributed by atoms with van der Waals surface area (Å²) in [5.41, 5.74) is 7.72. The Hall–Kier alpha value is -0.780. The maximum Gasteiger partial charge on any atom is 0.0859 e. The number of aromatic nitrogens is 1. The second-order valence-corrected chi connectivity index (χ2v) is 5.95. The molecule has 0 amide bonds. The van der Waals surface area contributed by atoms with Crippen LogP contribution >= 0.6 is 27.7 Å². The fraction of sp³-hybridized carbons (Fsp3) is 0.308. The number of ether oxygens (including phenoxy) is 1. The molecule has 1 aromatic heterocycles. The zero-order valence-corrected chi connectivity index (χ0v) is 12.6. The fourth-order valence-corrected chi connectivity index (χ4v) is 2.97. The highest BCUT2D eigenvalue weighted by Crippen LogP contribution is 2.31. The molecule has 3 nitrogen and oxygen atoms in total. The van der Waals surface area contributed by atoms with Crippen molar-refractivity contribution in [2.75, 3.05) is 25.2 Å². The number of nitrogens with zero attached hydrogens (tertiary/aromatic N) is 1. The van der Waals surface area contributed by atoms with Crippen molar-refractivity contribution in [3.8, 4) is 0 Å². The highest BCUT2D eigenvalue weighted by atomic mass is 79.9. The van der Waals surface area contributed by atoms with Crippen LogP contribution in [0.1, 0.15) is 6.42 Å². The van der Waals surface area contributed by atoms with Gasteiger partial charge in [0.25, 0.3) is 0 Å². The van der Waals surface area contributed by atoms with Gasteiger partial charge in [0.1, 0.15) is 0 Å². The average molecular weight is 327 g/mol. The first kappa shape index (κ1) is 13.6. The number of halogens is 1. The molecule has 2 aromatic rings. The van der Waals surface area contributed by atoms with Crippen LogP contribution in [0.4, 0.5) is 5.69 Å². The van der Waals surface area contributed by atoms with Crippen LogP contribution in [0.25, 0.3) is 10.9 Å². The number of fused-ring (bicyclic) bond motifs is 1. The van der Waals surface area contributed by atoms with Crippen LogP contribution in [-0.4, -0.2) is 24.5 Å². The summed E-state index contributed by atoms with van der Waals surface area (Å²) in [7, 11) is 1.72. The lowest BCUT2D eigenvalue weighted by atomic mass is 10.2. The molecule has 2 N–H and O–H groups in total. The van der Waals surface area contributed by atoms with Crippen LogP contribution in [-0.2, 0) is 4.74 Å². The van der Waals surface area contributed by atoms with Crippen molar-refractivity contribution in [1.29, 1.82) is 0 Å². The number of pyridine rings is 1. The van der Waals surface area contributed by atoms with E-state index in [-0.39, 0.29) is 0 Å². The van der Waals surface area contributed by atoms with Gasteiger partial charge >= 0.3 is 0 Å². The number of hydrogen-bond acceptors (Lipinski definition) is 4. The molecule has 18 heavy (non-hydrogen) atoms. The van der Waals surface area contributed by atoms with Crippen LogP contribution in [0.15, 0.2) is 33.8 Å². The van der Waals surface area contributed by atoms with Gasteiger partial charge in [0.15, 0.2) is 0 Å². The normalized spacial score (nSPS) is 11.0. The first-order valence-corrected chi connectivity index (χ1v) is 7.45. The number of thioether (sulfide) groups is 1. The summed E-state index contributed by atoms with van der Waals surface area (Å²) in [4.78, 5) is 5.63. The summed E-state index contributed by atoms with van der Waals surface area (Å²) < 4.78 is 5.99. The van der Waals surface area contributed by atoms with Crippen LogP contribution in [0, 0.1) is 0 Å². The third-order valence-electron chi connectivity index (χ3n) is 2.56. The van der Waals surface area contributed by atoms with Crippen molar-refractivity contribution >= 4 is 44.3 Å². The number of nitrogen functional groups attached to an aromatic ring is 1. The van der Waals surface area contributed by atoms with Gasteiger partial charge in [0.2, 0.25) is 0 Å². The summed E-state index contributed by atoms with van der Waals surface area (Å²) in [6.07, 6.45) is 2.84. The zero-order chi connectivity index (χ0) is 13.0. The van der Waals surface area contributed by atoms with Crippen molar-refractivity contribution in [3.63, 3.8) is 0 Å². The number of rotatable bonds is 5. The number of hydrogen-bond donors (Lipinski definition) is 1. The number of anilines is 1. The van der Waals surface area contributed by atoms with E-state index in [0.29, 0.717) is 0 Å². The van der Waals surface area contributed by atoms with Crippen molar-refractivity contribution in [3.05, 3.63) is 28.9 Å². The van der Waals surface area contributed by atoms with Crippen molar-refractivity contribution in [1.82, 2.24) is 4.98 Å². The standard InChI is InChI=1S/C13H15BrN2OS/c1-17-5-2-6-18-12-4-3-11(15)10-7-9(14)8-16-13(10)12/h3-4,7-8H,2,5-6,15H2,1H3. The monoisotopic (exact) mass is 326 g/mol. The third-order valence-corrected chi connectivity index (χ3v) is 4.13. The number of methoxy groups -OCH3 is 1. The molecule has 0 fully saturated rings. The van der Waals surface area contributed by atoms with E-state index in [1.165, 1.54) is 4.90 Å². The molecule has 0 unspecified atom stereocenters. The van der Waals surface area contributed by atoms with Crippen molar-refractivity contribution in [2.24, 2.45) is 0 Å². The molecule has 0 bridgehead atoms. The molecule has 0 saturated carbocycles. The summed E-state index contributed by atoms with van der Waals surface area (Å²) in [5.74, 6) is 1.02. The number of nitrogens with two attached hydrogens (primary N) is 1. The first-order valence-electron chi connectivity index (χ1n) is 5.68. The molecule has 5 heteroatoms. The average Bonchev–Trinajstić information content (AvgIpc) is 2.37. The van der Waals surface area contributed by atoms with Crippen LogP contribution in [0.2, 0.25) is 0 Å². The minimum atomic E-state index is 0.764. The summed E-state index contributed by atoms with van der Waals surface area (Å²) in [6, 6.07) is 5.99. The smallest absolute Gasteiger partial charge is 0.0859 e. The highest BCUT2D eigenvalue weighted by Gasteiger charge is 2.06. The minimum absolute atomic E-state index is 0.764. The molecule has 2 rings (SSSR count). The van der Waals surface area contributed by atoms with Gasteiger partial charge in [0.05, 0.1) is 5.52 Å². The Bertz CT molecular complexity index is 548. The Morgan fingerprint density at radius 2 is 2.28 bits per heavy atom. The number of benzene rings is 1. The molecular formula is C13H15BrN2OS. The third kappa shape index (κ3) is 3.16. The van der Waals surface area contributed by atoms with Gasteiger partial charge in [-0.25, -0.2) is 0 Å². The lowest BCUT2D eigenvalue weighted by molar-refractivity contribution is 0.200. The fourth-order valence-electron chi connectivity index (χ4n) is 1.69. The molecule has 0 radical (unpaired) electrons. The van der Waals surface area contributed by atoms with Gasteiger partial charge < -0.3 is 10.5 Å². The Morgan fingerprint density at radius 1 is 1.44 bits per heavy atom. The molecule has 0 atom stereocenters. The molecule has 0 aliphatic heterocycles. The Kier molecular flexibility index (Phi) is 4.86. The van der Waals surface area contributed by atoms with Gasteiger partial charge in [-0.15, -0.1) is 11.8 Å². The molecule has 0 saturated heterocycles. The van der Waals surface area contributed by atoms with Crippen molar-refractivity contribution < 1.29 is 4.74 Å². The maximum absolute atomic E-state index is 5.98. The van der Waals surface area contributed by atoms with E-state index < -0.39 is 0 Å². The summed E-state index contributed by atoms with van der Waals surface area (Å²) in [5, 5.41) is 1.00. The van der Waals surface area contributed by atoms with Gasteiger partial charge in [-0.1, -0.05) is 0 Å². The maximum atomic E-state index is 5.98. The molecule has 0 aliphatic rings. The van der Waals surface area contributed by atoms with Gasteiger partial charge in [-0.3, -0.25) is 4.98 Å². The second kappa shape index (κ2) is 6.41. The molecular weight excluding hydrogens is 312 g/mol. The van der Waals surface area contributed by atoms with E-state index in [1.54, 1.807) is 25.1 Å². The first-order chi connectivity index (χ1) is 8.72. The van der Waals surface area contributed by atoms with E-state index in [2.05, 4.69) is 20.9 Å². The SMILES string of the molecule is COCCCSc1ccc(N)c2cc(Br)cnc12. The van der Waals surface area contributed by atoms with Gasteiger partial charge in [0, 0.05) is 46.1 Å². The van der Waals surface area contributed by atoms with E-state index in [4.69, 9.17) is 10.5 Å². The molecule has 0 aliphatic carbocycles. The van der Waals surface area contributed by atoms with E-state index in [9.17, 15) is 0 Å². The van der Waals surface area contributed by atoms with E-state index >= 15 is 0 Å². The van der Waals surface area contributed by atoms with E-state index in [0.717, 1.165) is 39.8 Å². The predicted molar refractivity (Wildman–Crippen MR) is 81.1 cm³/mol. The van der Waals surface area contributed by atoms with E-state index in [1.807, 2.05) is 18.2 Å². The molecule has 96 valence electrons. The summed E-state index contributed by atoms with van der Waals surface area (Å²) in [6.45, 7) is 0.791. The van der Waals surface area contributed by atoms with Crippen molar-refractivity contribution in [2.45, 2.75) is 11.3 Å². The quantitative estimate of drug-likeness (QED) is 0.517. The summed E-state index contributed by atoms with van der Waals surface area (Å²) >= 11 is 5.21. The highest BCUT2D eigenvalue weighted by molar-refractivity contribution is 9.10. The predicted octanol–water partition coefficient (Wildman–Crippen LogP) is 3.71. The van der Waals surface area contributed by atoms with Gasteiger partial charge in [-0.05, 0) is 40.5 Å². The van der Waals surface area contributed by atoms with Crippen LogP contribution < -0.4 is 5.73 Å². The topological polar surface area (TPSA) is 48.1 Å². The molecule has 0 spiro atoms. The molecule has 1 heterocycles. The van der Waals surface area contributed by atoms with Gasteiger partial charge in [-0.2, -0.15) is 0 Å². The van der Waals surface area contributed by atoms with Crippen LogP contribution in [0.5, 0.6) is 0 Å². The Morgan fingerprint density at radius 3 is 3.06 bits per heavy atom. The zero-order valence-electron chi connectivity index (χ0n) is 10.1. The lowest BCUT2D eigenvalue weighted by Gasteiger charge is -2.08. The Balaban J connectivity index is 2.25. The lowest BCUT2D eigenvalue weighted by Crippen LogP contribution is -1.93. The van der Waals surface area contributed by atoms with Crippen LogP contribution in [0.3, 0.4) is 0 Å². The Labute approximate surface area is 119 Å². The minimum Gasteiger partial charge on any atom is -0.398 e. The second-order valence-electron chi connectivity index (χ2n) is 3.90. The largest absolute Gasteiger partial charge is 0.398 e.